The van der Waals surface area contributed by atoms with Gasteiger partial charge in [0, 0.05) is 20.1 Å². The van der Waals surface area contributed by atoms with E-state index in [9.17, 15) is 4.79 Å². The first kappa shape index (κ1) is 16.8. The first-order valence-electron chi connectivity index (χ1n) is 9.41. The largest absolute Gasteiger partial charge is 0.342 e. The fraction of sp³-hybridized carbons (Fsp3) is 0.364. The van der Waals surface area contributed by atoms with Crippen molar-refractivity contribution in [2.45, 2.75) is 25.7 Å². The van der Waals surface area contributed by atoms with E-state index < -0.39 is 0 Å². The molecule has 0 aliphatic carbocycles. The lowest BCUT2D eigenvalue weighted by molar-refractivity contribution is -0.131. The second-order valence-corrected chi connectivity index (χ2v) is 7.37. The molecule has 3 aromatic rings. The molecule has 1 amide bonds. The van der Waals surface area contributed by atoms with Gasteiger partial charge in [0.05, 0.1) is 23.8 Å². The van der Waals surface area contributed by atoms with Crippen LogP contribution in [-0.2, 0) is 24.7 Å². The highest BCUT2D eigenvalue weighted by Gasteiger charge is 2.23. The predicted octanol–water partition coefficient (Wildman–Crippen LogP) is 3.60. The highest BCUT2D eigenvalue weighted by atomic mass is 16.2. The van der Waals surface area contributed by atoms with Crippen LogP contribution in [0.3, 0.4) is 0 Å². The molecular weight excluding hydrogens is 322 g/mol. The van der Waals surface area contributed by atoms with Gasteiger partial charge in [0.15, 0.2) is 0 Å². The quantitative estimate of drug-likeness (QED) is 0.723. The average molecular weight is 347 g/mol. The highest BCUT2D eigenvalue weighted by Crippen LogP contribution is 2.22. The maximum Gasteiger partial charge on any atom is 0.226 e. The van der Waals surface area contributed by atoms with Crippen molar-refractivity contribution in [3.8, 4) is 0 Å². The number of amides is 1. The van der Waals surface area contributed by atoms with E-state index in [0.717, 1.165) is 48.9 Å². The first-order chi connectivity index (χ1) is 12.7. The van der Waals surface area contributed by atoms with Crippen LogP contribution in [0.4, 0.5) is 0 Å². The topological polar surface area (TPSA) is 38.1 Å². The maximum atomic E-state index is 12.7. The Labute approximate surface area is 154 Å². The van der Waals surface area contributed by atoms with Crippen LogP contribution < -0.4 is 0 Å². The van der Waals surface area contributed by atoms with Crippen molar-refractivity contribution in [3.63, 3.8) is 0 Å². The number of likely N-dealkylation sites (tertiary alicyclic amines) is 1. The molecule has 1 saturated heterocycles. The van der Waals surface area contributed by atoms with Gasteiger partial charge in [-0.05, 0) is 48.4 Å². The lowest BCUT2D eigenvalue weighted by atomic mass is 9.90. The third-order valence-corrected chi connectivity index (χ3v) is 5.48. The summed E-state index contributed by atoms with van der Waals surface area (Å²) in [6.45, 7) is 1.75. The normalized spacial score (nSPS) is 15.5. The Balaban J connectivity index is 1.32. The van der Waals surface area contributed by atoms with Crippen LogP contribution in [0.15, 0.2) is 54.9 Å². The van der Waals surface area contributed by atoms with E-state index in [4.69, 9.17) is 0 Å². The summed E-state index contributed by atoms with van der Waals surface area (Å²) in [5.41, 5.74) is 4.51. The smallest absolute Gasteiger partial charge is 0.226 e. The molecule has 4 rings (SSSR count). The standard InChI is InChI=1S/C22H25N3O/c1-24-16-23-20-14-19(7-8-21(20)24)15-22(26)25-11-9-18(10-12-25)13-17-5-3-2-4-6-17/h2-8,14,16,18H,9-13,15H2,1H3. The fourth-order valence-corrected chi connectivity index (χ4v) is 3.91. The molecule has 1 aliphatic heterocycles. The Morgan fingerprint density at radius 3 is 2.62 bits per heavy atom. The molecule has 4 nitrogen and oxygen atoms in total. The van der Waals surface area contributed by atoms with Gasteiger partial charge in [-0.25, -0.2) is 4.98 Å². The van der Waals surface area contributed by atoms with E-state index in [1.54, 1.807) is 0 Å². The monoisotopic (exact) mass is 347 g/mol. The molecule has 0 bridgehead atoms. The molecule has 26 heavy (non-hydrogen) atoms. The summed E-state index contributed by atoms with van der Waals surface area (Å²) in [6.07, 6.45) is 5.60. The number of fused-ring (bicyclic) bond motifs is 1. The Morgan fingerprint density at radius 1 is 1.08 bits per heavy atom. The molecule has 0 spiro atoms. The number of aromatic nitrogens is 2. The van der Waals surface area contributed by atoms with E-state index in [2.05, 4.69) is 41.4 Å². The summed E-state index contributed by atoms with van der Waals surface area (Å²) < 4.78 is 2.00. The SMILES string of the molecule is Cn1cnc2cc(CC(=O)N3CCC(Cc4ccccc4)CC3)ccc21. The van der Waals surface area contributed by atoms with Crippen LogP contribution in [-0.4, -0.2) is 33.4 Å². The molecule has 2 aromatic carbocycles. The zero-order valence-electron chi connectivity index (χ0n) is 15.3. The molecule has 2 heterocycles. The zero-order chi connectivity index (χ0) is 17.9. The van der Waals surface area contributed by atoms with Crippen molar-refractivity contribution in [3.05, 3.63) is 66.0 Å². The number of piperidine rings is 1. The van der Waals surface area contributed by atoms with E-state index >= 15 is 0 Å². The van der Waals surface area contributed by atoms with Crippen molar-refractivity contribution in [2.24, 2.45) is 13.0 Å². The van der Waals surface area contributed by atoms with Crippen LogP contribution >= 0.6 is 0 Å². The van der Waals surface area contributed by atoms with Crippen molar-refractivity contribution in [2.75, 3.05) is 13.1 Å². The van der Waals surface area contributed by atoms with Gasteiger partial charge < -0.3 is 9.47 Å². The van der Waals surface area contributed by atoms with Crippen LogP contribution in [0.2, 0.25) is 0 Å². The van der Waals surface area contributed by atoms with Crippen LogP contribution in [0.1, 0.15) is 24.0 Å². The van der Waals surface area contributed by atoms with Gasteiger partial charge in [-0.1, -0.05) is 36.4 Å². The second kappa shape index (κ2) is 7.32. The van der Waals surface area contributed by atoms with Gasteiger partial charge in [0.25, 0.3) is 0 Å². The number of carbonyl (C=O) groups excluding carboxylic acids is 1. The second-order valence-electron chi connectivity index (χ2n) is 7.37. The molecular formula is C22H25N3O. The zero-order valence-corrected chi connectivity index (χ0v) is 15.3. The molecule has 0 radical (unpaired) electrons. The summed E-state index contributed by atoms with van der Waals surface area (Å²) in [4.78, 5) is 19.1. The van der Waals surface area contributed by atoms with E-state index in [-0.39, 0.29) is 5.91 Å². The number of imidazole rings is 1. The molecule has 1 aliphatic rings. The van der Waals surface area contributed by atoms with Crippen LogP contribution in [0.25, 0.3) is 11.0 Å². The molecule has 4 heteroatoms. The van der Waals surface area contributed by atoms with Crippen LogP contribution in [0.5, 0.6) is 0 Å². The first-order valence-corrected chi connectivity index (χ1v) is 9.41. The average Bonchev–Trinajstić information content (AvgIpc) is 3.03. The number of benzene rings is 2. The van der Waals surface area contributed by atoms with E-state index in [1.807, 2.05) is 35.0 Å². The molecule has 0 N–H and O–H groups in total. The molecule has 0 atom stereocenters. The Hall–Kier alpha value is -2.62. The predicted molar refractivity (Wildman–Crippen MR) is 104 cm³/mol. The number of aryl methyl sites for hydroxylation is 1. The van der Waals surface area contributed by atoms with Crippen molar-refractivity contribution in [1.82, 2.24) is 14.5 Å². The van der Waals surface area contributed by atoms with Gasteiger partial charge in [-0.3, -0.25) is 4.79 Å². The summed E-state index contributed by atoms with van der Waals surface area (Å²) in [5, 5.41) is 0. The Kier molecular flexibility index (Phi) is 4.74. The van der Waals surface area contributed by atoms with Crippen molar-refractivity contribution < 1.29 is 4.79 Å². The Morgan fingerprint density at radius 2 is 1.85 bits per heavy atom. The number of hydrogen-bond acceptors (Lipinski definition) is 2. The highest BCUT2D eigenvalue weighted by molar-refractivity contribution is 5.82. The summed E-state index contributed by atoms with van der Waals surface area (Å²) in [7, 11) is 1.99. The van der Waals surface area contributed by atoms with Crippen molar-refractivity contribution in [1.29, 1.82) is 0 Å². The minimum atomic E-state index is 0.235. The summed E-state index contributed by atoms with van der Waals surface area (Å²) in [5.74, 6) is 0.921. The van der Waals surface area contributed by atoms with Gasteiger partial charge in [-0.15, -0.1) is 0 Å². The third kappa shape index (κ3) is 3.64. The number of nitrogens with zero attached hydrogens (tertiary/aromatic N) is 3. The lowest BCUT2D eigenvalue weighted by Gasteiger charge is -2.32. The van der Waals surface area contributed by atoms with Crippen LogP contribution in [0, 0.1) is 5.92 Å². The lowest BCUT2D eigenvalue weighted by Crippen LogP contribution is -2.39. The number of rotatable bonds is 4. The van der Waals surface area contributed by atoms with E-state index in [0.29, 0.717) is 12.3 Å². The number of hydrogen-bond donors (Lipinski definition) is 0. The van der Waals surface area contributed by atoms with Gasteiger partial charge in [0.1, 0.15) is 0 Å². The number of carbonyl (C=O) groups is 1. The maximum absolute atomic E-state index is 12.7. The van der Waals surface area contributed by atoms with Gasteiger partial charge in [-0.2, -0.15) is 0 Å². The fourth-order valence-electron chi connectivity index (χ4n) is 3.91. The summed E-state index contributed by atoms with van der Waals surface area (Å²) >= 11 is 0. The third-order valence-electron chi connectivity index (χ3n) is 5.48. The molecule has 0 saturated carbocycles. The van der Waals surface area contributed by atoms with Crippen molar-refractivity contribution >= 4 is 16.9 Å². The minimum Gasteiger partial charge on any atom is -0.342 e. The van der Waals surface area contributed by atoms with Gasteiger partial charge in [0.2, 0.25) is 5.91 Å². The van der Waals surface area contributed by atoms with E-state index in [1.165, 1.54) is 5.56 Å². The van der Waals surface area contributed by atoms with Gasteiger partial charge >= 0.3 is 0 Å². The molecule has 1 aromatic heterocycles. The summed E-state index contributed by atoms with van der Waals surface area (Å²) in [6, 6.07) is 16.8. The molecule has 1 fully saturated rings. The molecule has 134 valence electrons. The molecule has 0 unspecified atom stereocenters. The minimum absolute atomic E-state index is 0.235. The Bertz CT molecular complexity index is 892.